The summed E-state index contributed by atoms with van der Waals surface area (Å²) in [5.41, 5.74) is 6.32. The summed E-state index contributed by atoms with van der Waals surface area (Å²) >= 11 is 0. The molecule has 0 spiro atoms. The highest BCUT2D eigenvalue weighted by Gasteiger charge is 2.32. The van der Waals surface area contributed by atoms with E-state index in [1.54, 1.807) is 0 Å². The van der Waals surface area contributed by atoms with Crippen LogP contribution in [0.2, 0.25) is 0 Å². The molecule has 8 nitrogen and oxygen atoms in total. The summed E-state index contributed by atoms with van der Waals surface area (Å²) in [5, 5.41) is 2.79. The Morgan fingerprint density at radius 3 is 3.15 bits per heavy atom. The highest BCUT2D eigenvalue weighted by atomic mass is 16.5. The van der Waals surface area contributed by atoms with Gasteiger partial charge in [0.25, 0.3) is 0 Å². The average Bonchev–Trinajstić information content (AvgIpc) is 2.48. The normalized spacial score (nSPS) is 18.7. The molecule has 1 aromatic rings. The predicted molar refractivity (Wildman–Crippen MR) is 73.6 cm³/mol. The number of amides is 1. The van der Waals surface area contributed by atoms with Crippen molar-refractivity contribution < 1.29 is 14.3 Å². The minimum Gasteiger partial charge on any atom is -0.479 e. The summed E-state index contributed by atoms with van der Waals surface area (Å²) in [7, 11) is 1.49. The summed E-state index contributed by atoms with van der Waals surface area (Å²) in [6.07, 6.45) is 1.37. The molecular formula is C12H19N5O3. The summed E-state index contributed by atoms with van der Waals surface area (Å²) in [5.74, 6) is 0.691. The van der Waals surface area contributed by atoms with Gasteiger partial charge >= 0.3 is 0 Å². The van der Waals surface area contributed by atoms with E-state index in [0.29, 0.717) is 43.7 Å². The number of morpholine rings is 1. The molecule has 0 radical (unpaired) electrons. The molecule has 1 aromatic heterocycles. The van der Waals surface area contributed by atoms with Crippen LogP contribution in [-0.4, -0.2) is 55.3 Å². The Morgan fingerprint density at radius 1 is 1.65 bits per heavy atom. The van der Waals surface area contributed by atoms with E-state index < -0.39 is 6.04 Å². The lowest BCUT2D eigenvalue weighted by Gasteiger charge is -2.35. The Kier molecular flexibility index (Phi) is 4.57. The van der Waals surface area contributed by atoms with Crippen molar-refractivity contribution in [3.05, 3.63) is 6.33 Å². The number of carbonyl (C=O) groups is 1. The van der Waals surface area contributed by atoms with Gasteiger partial charge < -0.3 is 25.4 Å². The first kappa shape index (κ1) is 14.3. The third-order valence-electron chi connectivity index (χ3n) is 3.07. The van der Waals surface area contributed by atoms with Gasteiger partial charge in [-0.25, -0.2) is 4.98 Å². The van der Waals surface area contributed by atoms with Gasteiger partial charge in [-0.3, -0.25) is 4.79 Å². The van der Waals surface area contributed by atoms with Crippen LogP contribution in [0.15, 0.2) is 6.33 Å². The largest absolute Gasteiger partial charge is 0.479 e. The average molecular weight is 281 g/mol. The number of likely N-dealkylation sites (N-methyl/N-ethyl adjacent to an activating group) is 1. The number of hydrogen-bond donors (Lipinski definition) is 2. The molecule has 20 heavy (non-hydrogen) atoms. The molecular weight excluding hydrogens is 262 g/mol. The SMILES string of the molecule is CCNC(=O)C1COCCN1c1ncnc(OC)c1N. The highest BCUT2D eigenvalue weighted by molar-refractivity contribution is 5.86. The topological polar surface area (TPSA) is 103 Å². The Bertz CT molecular complexity index is 482. The molecule has 1 fully saturated rings. The van der Waals surface area contributed by atoms with Crippen LogP contribution in [0, 0.1) is 0 Å². The second-order valence-corrected chi connectivity index (χ2v) is 4.30. The number of hydrogen-bond acceptors (Lipinski definition) is 7. The fraction of sp³-hybridized carbons (Fsp3) is 0.583. The van der Waals surface area contributed by atoms with Crippen molar-refractivity contribution in [3.8, 4) is 5.88 Å². The van der Waals surface area contributed by atoms with Crippen LogP contribution in [0.25, 0.3) is 0 Å². The van der Waals surface area contributed by atoms with Crippen LogP contribution in [-0.2, 0) is 9.53 Å². The van der Waals surface area contributed by atoms with Crippen molar-refractivity contribution >= 4 is 17.4 Å². The Morgan fingerprint density at radius 2 is 2.45 bits per heavy atom. The van der Waals surface area contributed by atoms with E-state index in [1.807, 2.05) is 11.8 Å². The number of nitrogen functional groups attached to an aromatic ring is 1. The van der Waals surface area contributed by atoms with Gasteiger partial charge in [0, 0.05) is 13.1 Å². The molecule has 1 unspecified atom stereocenters. The van der Waals surface area contributed by atoms with Gasteiger partial charge in [-0.2, -0.15) is 4.98 Å². The maximum Gasteiger partial charge on any atom is 0.245 e. The van der Waals surface area contributed by atoms with E-state index in [9.17, 15) is 4.79 Å². The van der Waals surface area contributed by atoms with Crippen molar-refractivity contribution in [2.75, 3.05) is 44.0 Å². The van der Waals surface area contributed by atoms with E-state index >= 15 is 0 Å². The fourth-order valence-electron chi connectivity index (χ4n) is 2.13. The number of anilines is 2. The standard InChI is InChI=1S/C12H19N5O3/c1-3-14-11(18)8-6-20-5-4-17(8)10-9(13)12(19-2)16-7-15-10/h7-8H,3-6,13H2,1-2H3,(H,14,18). The Hall–Kier alpha value is -2.09. The zero-order valence-corrected chi connectivity index (χ0v) is 11.6. The molecule has 0 aromatic carbocycles. The zero-order chi connectivity index (χ0) is 14.5. The second kappa shape index (κ2) is 6.38. The Balaban J connectivity index is 2.30. The van der Waals surface area contributed by atoms with Gasteiger partial charge in [0.15, 0.2) is 5.82 Å². The van der Waals surface area contributed by atoms with Gasteiger partial charge in [-0.15, -0.1) is 0 Å². The molecule has 8 heteroatoms. The maximum absolute atomic E-state index is 12.1. The van der Waals surface area contributed by atoms with Crippen molar-refractivity contribution in [1.29, 1.82) is 0 Å². The van der Waals surface area contributed by atoms with Crippen molar-refractivity contribution in [3.63, 3.8) is 0 Å². The van der Waals surface area contributed by atoms with Crippen LogP contribution in [0.4, 0.5) is 11.5 Å². The first-order valence-corrected chi connectivity index (χ1v) is 6.45. The van der Waals surface area contributed by atoms with Gasteiger partial charge in [-0.1, -0.05) is 0 Å². The molecule has 1 saturated heterocycles. The van der Waals surface area contributed by atoms with E-state index in [0.717, 1.165) is 0 Å². The summed E-state index contributed by atoms with van der Waals surface area (Å²) in [4.78, 5) is 22.0. The highest BCUT2D eigenvalue weighted by Crippen LogP contribution is 2.29. The third-order valence-corrected chi connectivity index (χ3v) is 3.07. The maximum atomic E-state index is 12.1. The predicted octanol–water partition coefficient (Wildman–Crippen LogP) is -0.591. The van der Waals surface area contributed by atoms with Crippen LogP contribution < -0.4 is 20.7 Å². The molecule has 110 valence electrons. The quantitative estimate of drug-likeness (QED) is 0.760. The van der Waals surface area contributed by atoms with Crippen LogP contribution in [0.5, 0.6) is 5.88 Å². The van der Waals surface area contributed by atoms with Gasteiger partial charge in [-0.05, 0) is 6.92 Å². The number of carbonyl (C=O) groups excluding carboxylic acids is 1. The van der Waals surface area contributed by atoms with Crippen molar-refractivity contribution in [2.45, 2.75) is 13.0 Å². The van der Waals surface area contributed by atoms with E-state index in [4.69, 9.17) is 15.2 Å². The molecule has 1 aliphatic heterocycles. The Labute approximate surface area is 117 Å². The van der Waals surface area contributed by atoms with E-state index in [2.05, 4.69) is 15.3 Å². The lowest BCUT2D eigenvalue weighted by molar-refractivity contribution is -0.124. The lowest BCUT2D eigenvalue weighted by Crippen LogP contribution is -2.54. The number of nitrogens with two attached hydrogens (primary N) is 1. The number of nitrogens with zero attached hydrogens (tertiary/aromatic N) is 3. The minimum absolute atomic E-state index is 0.107. The summed E-state index contributed by atoms with van der Waals surface area (Å²) in [6.45, 7) is 3.78. The second-order valence-electron chi connectivity index (χ2n) is 4.30. The fourth-order valence-corrected chi connectivity index (χ4v) is 2.13. The lowest BCUT2D eigenvalue weighted by atomic mass is 10.2. The summed E-state index contributed by atoms with van der Waals surface area (Å²) < 4.78 is 10.5. The van der Waals surface area contributed by atoms with Gasteiger partial charge in [0.1, 0.15) is 18.1 Å². The van der Waals surface area contributed by atoms with Crippen LogP contribution >= 0.6 is 0 Å². The van der Waals surface area contributed by atoms with Gasteiger partial charge in [0.2, 0.25) is 11.8 Å². The van der Waals surface area contributed by atoms with E-state index in [-0.39, 0.29) is 5.91 Å². The van der Waals surface area contributed by atoms with Crippen molar-refractivity contribution in [1.82, 2.24) is 15.3 Å². The first-order chi connectivity index (χ1) is 9.69. The molecule has 1 aliphatic rings. The first-order valence-electron chi connectivity index (χ1n) is 6.45. The van der Waals surface area contributed by atoms with E-state index in [1.165, 1.54) is 13.4 Å². The number of nitrogens with one attached hydrogen (secondary N) is 1. The van der Waals surface area contributed by atoms with Gasteiger partial charge in [0.05, 0.1) is 20.3 Å². The molecule has 0 saturated carbocycles. The molecule has 0 bridgehead atoms. The van der Waals surface area contributed by atoms with Crippen LogP contribution in [0.1, 0.15) is 6.92 Å². The zero-order valence-electron chi connectivity index (χ0n) is 11.6. The summed E-state index contributed by atoms with van der Waals surface area (Å²) in [6, 6.07) is -0.453. The molecule has 0 aliphatic carbocycles. The van der Waals surface area contributed by atoms with Crippen molar-refractivity contribution in [2.24, 2.45) is 0 Å². The monoisotopic (exact) mass is 281 g/mol. The minimum atomic E-state index is -0.453. The smallest absolute Gasteiger partial charge is 0.245 e. The molecule has 2 rings (SSSR count). The third kappa shape index (κ3) is 2.74. The number of ether oxygens (including phenoxy) is 2. The molecule has 1 atom stereocenters. The number of aromatic nitrogens is 2. The number of methoxy groups -OCH3 is 1. The molecule has 2 heterocycles. The molecule has 3 N–H and O–H groups in total. The molecule has 1 amide bonds. The van der Waals surface area contributed by atoms with Crippen LogP contribution in [0.3, 0.4) is 0 Å². The number of rotatable bonds is 4.